The van der Waals surface area contributed by atoms with E-state index in [4.69, 9.17) is 4.74 Å². The number of amides is 2. The van der Waals surface area contributed by atoms with Gasteiger partial charge in [-0.3, -0.25) is 14.6 Å². The summed E-state index contributed by atoms with van der Waals surface area (Å²) >= 11 is 0. The van der Waals surface area contributed by atoms with E-state index >= 15 is 0 Å². The maximum absolute atomic E-state index is 12.6. The average Bonchev–Trinajstić information content (AvgIpc) is 2.95. The fourth-order valence-electron chi connectivity index (χ4n) is 3.80. The number of carbonyl (C=O) groups is 2. The standard InChI is InChI=1S/C24H31N3O3/c1-18-14-21(15-19(2)23(18)30-17-20-8-6-10-25-16-20)24(29)26-11-7-13-27-12-5-3-4-9-22(27)28/h6,8,10,14-16H,3-5,7,9,11-13,17H2,1-2H3,(H,26,29). The van der Waals surface area contributed by atoms with Gasteiger partial charge >= 0.3 is 0 Å². The Kier molecular flexibility index (Phi) is 7.82. The van der Waals surface area contributed by atoms with Crippen LogP contribution in [-0.4, -0.2) is 41.3 Å². The highest BCUT2D eigenvalue weighted by Gasteiger charge is 2.16. The van der Waals surface area contributed by atoms with Crippen molar-refractivity contribution >= 4 is 11.8 Å². The smallest absolute Gasteiger partial charge is 0.251 e. The molecule has 0 radical (unpaired) electrons. The number of hydrogen-bond donors (Lipinski definition) is 1. The van der Waals surface area contributed by atoms with Crippen LogP contribution >= 0.6 is 0 Å². The summed E-state index contributed by atoms with van der Waals surface area (Å²) < 4.78 is 5.97. The van der Waals surface area contributed by atoms with Gasteiger partial charge in [-0.2, -0.15) is 0 Å². The number of nitrogens with zero attached hydrogens (tertiary/aromatic N) is 2. The number of nitrogens with one attached hydrogen (secondary N) is 1. The molecule has 1 aliphatic rings. The van der Waals surface area contributed by atoms with E-state index in [0.717, 1.165) is 54.7 Å². The zero-order valence-electron chi connectivity index (χ0n) is 17.9. The molecule has 1 aliphatic heterocycles. The van der Waals surface area contributed by atoms with Crippen LogP contribution in [0, 0.1) is 13.8 Å². The molecular formula is C24H31N3O3. The Bertz CT molecular complexity index is 844. The van der Waals surface area contributed by atoms with Gasteiger partial charge in [0, 0.05) is 49.6 Å². The van der Waals surface area contributed by atoms with Gasteiger partial charge in [0.05, 0.1) is 0 Å². The molecule has 0 atom stereocenters. The minimum atomic E-state index is -0.0952. The summed E-state index contributed by atoms with van der Waals surface area (Å²) in [4.78, 5) is 30.6. The van der Waals surface area contributed by atoms with Gasteiger partial charge in [0.25, 0.3) is 5.91 Å². The van der Waals surface area contributed by atoms with Crippen LogP contribution in [0.5, 0.6) is 5.75 Å². The Labute approximate surface area is 178 Å². The number of ether oxygens (including phenoxy) is 1. The maximum atomic E-state index is 12.6. The zero-order chi connectivity index (χ0) is 21.3. The highest BCUT2D eigenvalue weighted by atomic mass is 16.5. The minimum Gasteiger partial charge on any atom is -0.488 e. The molecule has 1 fully saturated rings. The van der Waals surface area contributed by atoms with Crippen molar-refractivity contribution in [3.8, 4) is 5.75 Å². The van der Waals surface area contributed by atoms with E-state index in [1.807, 2.05) is 43.0 Å². The van der Waals surface area contributed by atoms with Crippen molar-refractivity contribution in [3.63, 3.8) is 0 Å². The zero-order valence-corrected chi connectivity index (χ0v) is 17.9. The highest BCUT2D eigenvalue weighted by molar-refractivity contribution is 5.94. The summed E-state index contributed by atoms with van der Waals surface area (Å²) in [6.07, 6.45) is 8.13. The summed E-state index contributed by atoms with van der Waals surface area (Å²) in [5, 5.41) is 2.97. The number of pyridine rings is 1. The van der Waals surface area contributed by atoms with Crippen LogP contribution in [0.1, 0.15) is 59.2 Å². The van der Waals surface area contributed by atoms with Crippen molar-refractivity contribution in [2.24, 2.45) is 0 Å². The molecule has 0 saturated carbocycles. The van der Waals surface area contributed by atoms with E-state index in [9.17, 15) is 9.59 Å². The summed E-state index contributed by atoms with van der Waals surface area (Å²) in [7, 11) is 0. The van der Waals surface area contributed by atoms with E-state index in [0.29, 0.717) is 31.7 Å². The SMILES string of the molecule is Cc1cc(C(=O)NCCCN2CCCCCC2=O)cc(C)c1OCc1cccnc1. The van der Waals surface area contributed by atoms with Crippen molar-refractivity contribution in [2.75, 3.05) is 19.6 Å². The molecule has 0 spiro atoms. The largest absolute Gasteiger partial charge is 0.488 e. The molecule has 2 heterocycles. The molecule has 160 valence electrons. The Morgan fingerprint density at radius 1 is 1.20 bits per heavy atom. The molecule has 0 bridgehead atoms. The van der Waals surface area contributed by atoms with Crippen LogP contribution < -0.4 is 10.1 Å². The summed E-state index contributed by atoms with van der Waals surface area (Å²) in [6, 6.07) is 7.58. The number of rotatable bonds is 8. The van der Waals surface area contributed by atoms with Gasteiger partial charge in [-0.1, -0.05) is 12.5 Å². The maximum Gasteiger partial charge on any atom is 0.251 e. The third-order valence-electron chi connectivity index (χ3n) is 5.39. The Morgan fingerprint density at radius 3 is 2.73 bits per heavy atom. The number of aromatic nitrogens is 1. The lowest BCUT2D eigenvalue weighted by Crippen LogP contribution is -2.34. The molecule has 1 N–H and O–H groups in total. The van der Waals surface area contributed by atoms with E-state index in [-0.39, 0.29) is 11.8 Å². The van der Waals surface area contributed by atoms with Gasteiger partial charge in [-0.25, -0.2) is 0 Å². The first-order valence-electron chi connectivity index (χ1n) is 10.7. The summed E-state index contributed by atoms with van der Waals surface area (Å²) in [5.41, 5.74) is 3.49. The number of hydrogen-bond acceptors (Lipinski definition) is 4. The van der Waals surface area contributed by atoms with Gasteiger partial charge in [-0.05, 0) is 62.4 Å². The Balaban J connectivity index is 1.50. The van der Waals surface area contributed by atoms with Gasteiger partial charge in [-0.15, -0.1) is 0 Å². The quantitative estimate of drug-likeness (QED) is 0.673. The van der Waals surface area contributed by atoms with E-state index in [2.05, 4.69) is 10.3 Å². The van der Waals surface area contributed by atoms with E-state index < -0.39 is 0 Å². The van der Waals surface area contributed by atoms with Crippen molar-refractivity contribution in [1.82, 2.24) is 15.2 Å². The molecule has 1 aromatic carbocycles. The monoisotopic (exact) mass is 409 g/mol. The molecule has 2 aromatic rings. The molecule has 0 aliphatic carbocycles. The second kappa shape index (κ2) is 10.8. The number of benzene rings is 1. The molecule has 3 rings (SSSR count). The van der Waals surface area contributed by atoms with Crippen molar-refractivity contribution < 1.29 is 14.3 Å². The molecule has 30 heavy (non-hydrogen) atoms. The highest BCUT2D eigenvalue weighted by Crippen LogP contribution is 2.25. The third-order valence-corrected chi connectivity index (χ3v) is 5.39. The van der Waals surface area contributed by atoms with Gasteiger partial charge in [0.1, 0.15) is 12.4 Å². The van der Waals surface area contributed by atoms with Gasteiger partial charge < -0.3 is 15.0 Å². The predicted molar refractivity (Wildman–Crippen MR) is 116 cm³/mol. The Morgan fingerprint density at radius 2 is 2.00 bits per heavy atom. The molecule has 6 heteroatoms. The lowest BCUT2D eigenvalue weighted by molar-refractivity contribution is -0.130. The first-order valence-corrected chi connectivity index (χ1v) is 10.7. The summed E-state index contributed by atoms with van der Waals surface area (Å²) in [6.45, 7) is 6.45. The molecule has 0 unspecified atom stereocenters. The normalized spacial score (nSPS) is 14.3. The van der Waals surface area contributed by atoms with Crippen LogP contribution in [0.25, 0.3) is 0 Å². The topological polar surface area (TPSA) is 71.5 Å². The van der Waals surface area contributed by atoms with Crippen LogP contribution in [0.2, 0.25) is 0 Å². The summed E-state index contributed by atoms with van der Waals surface area (Å²) in [5.74, 6) is 0.948. The Hall–Kier alpha value is -2.89. The lowest BCUT2D eigenvalue weighted by Gasteiger charge is -2.20. The predicted octanol–water partition coefficient (Wildman–Crippen LogP) is 3.80. The molecule has 1 saturated heterocycles. The fraction of sp³-hybridized carbons (Fsp3) is 0.458. The average molecular weight is 410 g/mol. The van der Waals surface area contributed by atoms with Crippen molar-refractivity contribution in [2.45, 2.75) is 52.6 Å². The number of likely N-dealkylation sites (tertiary alicyclic amines) is 1. The van der Waals surface area contributed by atoms with Gasteiger partial charge in [0.2, 0.25) is 5.91 Å². The molecule has 1 aromatic heterocycles. The van der Waals surface area contributed by atoms with Crippen LogP contribution in [0.3, 0.4) is 0 Å². The lowest BCUT2D eigenvalue weighted by atomic mass is 10.0. The van der Waals surface area contributed by atoms with Crippen LogP contribution in [0.4, 0.5) is 0 Å². The molecule has 2 amide bonds. The molecule has 6 nitrogen and oxygen atoms in total. The van der Waals surface area contributed by atoms with Crippen LogP contribution in [0.15, 0.2) is 36.7 Å². The first kappa shape index (κ1) is 21.8. The minimum absolute atomic E-state index is 0.0952. The van der Waals surface area contributed by atoms with Crippen LogP contribution in [-0.2, 0) is 11.4 Å². The third kappa shape index (κ3) is 6.05. The fourth-order valence-corrected chi connectivity index (χ4v) is 3.80. The second-order valence-corrected chi connectivity index (χ2v) is 7.89. The van der Waals surface area contributed by atoms with E-state index in [1.54, 1.807) is 12.4 Å². The number of aryl methyl sites for hydroxylation is 2. The van der Waals surface area contributed by atoms with E-state index in [1.165, 1.54) is 0 Å². The first-order chi connectivity index (χ1) is 14.5. The second-order valence-electron chi connectivity index (χ2n) is 7.89. The van der Waals surface area contributed by atoms with Gasteiger partial charge in [0.15, 0.2) is 0 Å². The molecular weight excluding hydrogens is 378 g/mol. The van der Waals surface area contributed by atoms with Crippen molar-refractivity contribution in [1.29, 1.82) is 0 Å². The number of carbonyl (C=O) groups excluding carboxylic acids is 2. The van der Waals surface area contributed by atoms with Crippen molar-refractivity contribution in [3.05, 3.63) is 58.9 Å².